The highest BCUT2D eigenvalue weighted by atomic mass is 35.5. The van der Waals surface area contributed by atoms with Crippen molar-refractivity contribution in [3.8, 4) is 11.3 Å². The van der Waals surface area contributed by atoms with Crippen molar-refractivity contribution in [1.29, 1.82) is 0 Å². The lowest BCUT2D eigenvalue weighted by molar-refractivity contribution is 0.233. The maximum Gasteiger partial charge on any atom is 0.170 e. The van der Waals surface area contributed by atoms with Crippen LogP contribution in [-0.4, -0.2) is 33.3 Å². The molecule has 150 valence electrons. The van der Waals surface area contributed by atoms with Crippen LogP contribution in [0.2, 0.25) is 10.0 Å². The Morgan fingerprint density at radius 2 is 2.03 bits per heavy atom. The van der Waals surface area contributed by atoms with E-state index in [1.165, 1.54) is 0 Å². The topological polar surface area (TPSA) is 61.5 Å². The molecule has 8 heteroatoms. The van der Waals surface area contributed by atoms with Crippen LogP contribution >= 0.6 is 35.4 Å². The number of nitrogens with zero attached hydrogens (tertiary/aromatic N) is 2. The molecule has 5 nitrogen and oxygen atoms in total. The second-order valence-electron chi connectivity index (χ2n) is 6.72. The van der Waals surface area contributed by atoms with E-state index in [-0.39, 0.29) is 18.7 Å². The molecular formula is C21H19Cl2N3O2S. The third-order valence-corrected chi connectivity index (χ3v) is 5.77. The van der Waals surface area contributed by atoms with Crippen LogP contribution in [0.3, 0.4) is 0 Å². The van der Waals surface area contributed by atoms with Gasteiger partial charge in [0.05, 0.1) is 16.8 Å². The fourth-order valence-corrected chi connectivity index (χ4v) is 4.38. The van der Waals surface area contributed by atoms with E-state index in [1.807, 2.05) is 41.3 Å². The first-order chi connectivity index (χ1) is 14.1. The van der Waals surface area contributed by atoms with Crippen LogP contribution in [-0.2, 0) is 0 Å². The number of thiocarbonyl (C=S) groups is 1. The van der Waals surface area contributed by atoms with Crippen molar-refractivity contribution in [2.45, 2.75) is 18.5 Å². The average molecular weight is 448 g/mol. The number of furan rings is 1. The van der Waals surface area contributed by atoms with E-state index in [9.17, 15) is 5.11 Å². The summed E-state index contributed by atoms with van der Waals surface area (Å²) in [5.74, 6) is 1.40. The molecule has 1 aliphatic heterocycles. The summed E-state index contributed by atoms with van der Waals surface area (Å²) in [6.45, 7) is 0.692. The molecule has 0 amide bonds. The molecule has 2 N–H and O–H groups in total. The van der Waals surface area contributed by atoms with Gasteiger partial charge in [0.1, 0.15) is 17.6 Å². The molecule has 0 spiro atoms. The van der Waals surface area contributed by atoms with E-state index < -0.39 is 0 Å². The average Bonchev–Trinajstić information content (AvgIpc) is 3.31. The lowest BCUT2D eigenvalue weighted by atomic mass is 10.0. The molecule has 1 fully saturated rings. The van der Waals surface area contributed by atoms with Gasteiger partial charge in [-0.05, 0) is 61.1 Å². The number of aromatic nitrogens is 1. The van der Waals surface area contributed by atoms with E-state index in [2.05, 4.69) is 10.3 Å². The van der Waals surface area contributed by atoms with Crippen molar-refractivity contribution in [3.05, 3.63) is 76.2 Å². The molecule has 3 aromatic rings. The smallest absolute Gasteiger partial charge is 0.170 e. The zero-order valence-electron chi connectivity index (χ0n) is 15.4. The number of nitrogens with one attached hydrogen (secondary N) is 1. The first-order valence-electron chi connectivity index (χ1n) is 9.22. The number of rotatable bonds is 6. The number of halogens is 2. The molecule has 1 saturated heterocycles. The van der Waals surface area contributed by atoms with Gasteiger partial charge in [-0.1, -0.05) is 29.3 Å². The predicted octanol–water partition coefficient (Wildman–Crippen LogP) is 5.00. The Balaban J connectivity index is 1.72. The highest BCUT2D eigenvalue weighted by Gasteiger charge is 2.41. The first-order valence-corrected chi connectivity index (χ1v) is 10.4. The maximum atomic E-state index is 9.31. The fourth-order valence-electron chi connectivity index (χ4n) is 3.54. The molecule has 1 aliphatic rings. The quantitative estimate of drug-likeness (QED) is 0.518. The molecule has 0 radical (unpaired) electrons. The van der Waals surface area contributed by atoms with Crippen molar-refractivity contribution in [2.75, 3.05) is 13.2 Å². The van der Waals surface area contributed by atoms with Gasteiger partial charge in [0, 0.05) is 29.9 Å². The van der Waals surface area contributed by atoms with Crippen LogP contribution in [0.25, 0.3) is 11.3 Å². The summed E-state index contributed by atoms with van der Waals surface area (Å²) in [5.41, 5.74) is 1.64. The predicted molar refractivity (Wildman–Crippen MR) is 118 cm³/mol. The van der Waals surface area contributed by atoms with Crippen LogP contribution in [0.5, 0.6) is 0 Å². The standard InChI is InChI=1S/C21H19Cl2N3O2S/c22-13-5-6-14(15(23)12-13)17-7-8-18(28-17)20-19(16-4-1-2-9-24-16)25-21(29)26(20)10-3-11-27/h1-2,4-9,12,19-20,27H,3,10-11H2,(H,25,29)/t19-,20-/m1/s1. The van der Waals surface area contributed by atoms with Gasteiger partial charge in [-0.25, -0.2) is 0 Å². The van der Waals surface area contributed by atoms with Crippen LogP contribution in [0.15, 0.2) is 59.1 Å². The van der Waals surface area contributed by atoms with E-state index in [0.29, 0.717) is 33.9 Å². The summed E-state index contributed by atoms with van der Waals surface area (Å²) in [4.78, 5) is 6.54. The van der Waals surface area contributed by atoms with E-state index in [4.69, 9.17) is 39.8 Å². The lowest BCUT2D eigenvalue weighted by Gasteiger charge is -2.25. The SMILES string of the molecule is OCCCN1C(=S)N[C@H](c2ccccn2)[C@H]1c1ccc(-c2ccc(Cl)cc2Cl)o1. The number of pyridine rings is 1. The molecule has 1 aromatic carbocycles. The number of hydrogen-bond donors (Lipinski definition) is 2. The summed E-state index contributed by atoms with van der Waals surface area (Å²) in [5, 5.41) is 14.4. The Labute approximate surface area is 184 Å². The van der Waals surface area contributed by atoms with Gasteiger partial charge in [0.2, 0.25) is 0 Å². The number of aliphatic hydroxyl groups excluding tert-OH is 1. The Hall–Kier alpha value is -2.12. The molecule has 29 heavy (non-hydrogen) atoms. The minimum atomic E-state index is -0.191. The largest absolute Gasteiger partial charge is 0.459 e. The first kappa shape index (κ1) is 20.2. The van der Waals surface area contributed by atoms with E-state index in [1.54, 1.807) is 18.3 Å². The summed E-state index contributed by atoms with van der Waals surface area (Å²) in [6.07, 6.45) is 2.36. The molecule has 2 aromatic heterocycles. The third kappa shape index (κ3) is 4.12. The van der Waals surface area contributed by atoms with Crippen molar-refractivity contribution < 1.29 is 9.52 Å². The zero-order valence-corrected chi connectivity index (χ0v) is 17.7. The van der Waals surface area contributed by atoms with Gasteiger partial charge in [0.15, 0.2) is 5.11 Å². The number of aliphatic hydroxyl groups is 1. The lowest BCUT2D eigenvalue weighted by Crippen LogP contribution is -2.30. The van der Waals surface area contributed by atoms with Gasteiger partial charge in [-0.2, -0.15) is 0 Å². The van der Waals surface area contributed by atoms with Gasteiger partial charge >= 0.3 is 0 Å². The Kier molecular flexibility index (Phi) is 6.06. The van der Waals surface area contributed by atoms with Crippen LogP contribution in [0.4, 0.5) is 0 Å². The minimum absolute atomic E-state index is 0.0872. The molecule has 0 bridgehead atoms. The van der Waals surface area contributed by atoms with Gasteiger partial charge in [0.25, 0.3) is 0 Å². The Morgan fingerprint density at radius 3 is 2.76 bits per heavy atom. The molecule has 4 rings (SSSR count). The highest BCUT2D eigenvalue weighted by Crippen LogP contribution is 2.41. The third-order valence-electron chi connectivity index (χ3n) is 4.87. The van der Waals surface area contributed by atoms with Gasteiger partial charge in [-0.15, -0.1) is 0 Å². The monoisotopic (exact) mass is 447 g/mol. The van der Waals surface area contributed by atoms with Crippen molar-refractivity contribution in [1.82, 2.24) is 15.2 Å². The maximum absolute atomic E-state index is 9.31. The van der Waals surface area contributed by atoms with Crippen molar-refractivity contribution in [2.24, 2.45) is 0 Å². The summed E-state index contributed by atoms with van der Waals surface area (Å²) >= 11 is 17.9. The molecule has 0 saturated carbocycles. The van der Waals surface area contributed by atoms with Crippen molar-refractivity contribution >= 4 is 40.5 Å². The van der Waals surface area contributed by atoms with E-state index >= 15 is 0 Å². The molecule has 0 unspecified atom stereocenters. The zero-order chi connectivity index (χ0) is 20.4. The molecule has 3 heterocycles. The summed E-state index contributed by atoms with van der Waals surface area (Å²) in [7, 11) is 0. The molecule has 0 aliphatic carbocycles. The van der Waals surface area contributed by atoms with Crippen LogP contribution < -0.4 is 5.32 Å². The highest BCUT2D eigenvalue weighted by molar-refractivity contribution is 7.80. The second-order valence-corrected chi connectivity index (χ2v) is 7.95. The number of benzene rings is 1. The van der Waals surface area contributed by atoms with Crippen molar-refractivity contribution in [3.63, 3.8) is 0 Å². The Morgan fingerprint density at radius 1 is 1.17 bits per heavy atom. The van der Waals surface area contributed by atoms with E-state index in [0.717, 1.165) is 17.0 Å². The molecule has 2 atom stereocenters. The number of hydrogen-bond acceptors (Lipinski definition) is 4. The summed E-state index contributed by atoms with van der Waals surface area (Å²) in [6, 6.07) is 14.6. The van der Waals surface area contributed by atoms with Gasteiger partial charge in [-0.3, -0.25) is 4.98 Å². The van der Waals surface area contributed by atoms with Crippen LogP contribution in [0.1, 0.15) is 30.0 Å². The van der Waals surface area contributed by atoms with Crippen LogP contribution in [0, 0.1) is 0 Å². The molecular weight excluding hydrogens is 429 g/mol. The fraction of sp³-hybridized carbons (Fsp3) is 0.238. The Bertz CT molecular complexity index is 1010. The van der Waals surface area contributed by atoms with Gasteiger partial charge < -0.3 is 19.7 Å². The minimum Gasteiger partial charge on any atom is -0.459 e. The second kappa shape index (κ2) is 8.71. The summed E-state index contributed by atoms with van der Waals surface area (Å²) < 4.78 is 6.23. The normalized spacial score (nSPS) is 18.9.